The molecule has 29 heavy (non-hydrogen) atoms. The summed E-state index contributed by atoms with van der Waals surface area (Å²) in [6, 6.07) is 1.70. The van der Waals surface area contributed by atoms with Crippen molar-refractivity contribution in [1.82, 2.24) is 9.88 Å². The molecular formula is C22H24FN3O3. The highest BCUT2D eigenvalue weighted by molar-refractivity contribution is 5.98. The third-order valence-electron chi connectivity index (χ3n) is 6.57. The zero-order chi connectivity index (χ0) is 20.3. The molecule has 0 radical (unpaired) electrons. The fourth-order valence-electron chi connectivity index (χ4n) is 5.05. The Morgan fingerprint density at radius 3 is 2.76 bits per heavy atom. The van der Waals surface area contributed by atoms with Gasteiger partial charge in [0.25, 0.3) is 0 Å². The van der Waals surface area contributed by atoms with Gasteiger partial charge in [-0.1, -0.05) is 12.7 Å². The molecule has 3 aliphatic rings. The van der Waals surface area contributed by atoms with Gasteiger partial charge in [-0.05, 0) is 44.2 Å². The van der Waals surface area contributed by atoms with E-state index in [0.717, 1.165) is 45.3 Å². The standard InChI is InChI=1S/C22H24FN3O3/c1-2-14-19-15(21(27)16(22(28)29)10-26(19)13-5-6-13)8-17(23)20(14)25-9-12-4-3-7-24-18(12)11-25/h2,8,10,12-13,18,24H,1,3-7,9,11H2,(H,28,29)/t12-,18+/m0/s1. The first kappa shape index (κ1) is 18.4. The Morgan fingerprint density at radius 2 is 2.10 bits per heavy atom. The van der Waals surface area contributed by atoms with Crippen molar-refractivity contribution in [3.05, 3.63) is 46.0 Å². The fraction of sp³-hybridized carbons (Fsp3) is 0.455. The zero-order valence-corrected chi connectivity index (χ0v) is 16.2. The summed E-state index contributed by atoms with van der Waals surface area (Å²) in [5, 5.41) is 13.1. The van der Waals surface area contributed by atoms with Crippen LogP contribution < -0.4 is 15.6 Å². The molecule has 1 aromatic heterocycles. The van der Waals surface area contributed by atoms with E-state index < -0.39 is 17.2 Å². The number of aromatic carboxylic acids is 1. The zero-order valence-electron chi connectivity index (χ0n) is 16.2. The topological polar surface area (TPSA) is 74.6 Å². The van der Waals surface area contributed by atoms with Gasteiger partial charge in [0.05, 0.1) is 16.6 Å². The molecule has 2 atom stereocenters. The Kier molecular flexibility index (Phi) is 4.24. The molecule has 5 rings (SSSR count). The predicted molar refractivity (Wildman–Crippen MR) is 110 cm³/mol. The van der Waals surface area contributed by atoms with E-state index in [1.54, 1.807) is 6.08 Å². The van der Waals surface area contributed by atoms with Gasteiger partial charge in [-0.2, -0.15) is 0 Å². The van der Waals surface area contributed by atoms with Gasteiger partial charge in [-0.25, -0.2) is 9.18 Å². The normalized spacial score (nSPS) is 24.0. The highest BCUT2D eigenvalue weighted by Gasteiger charge is 2.37. The molecule has 1 aliphatic carbocycles. The maximum atomic E-state index is 15.4. The second-order valence-corrected chi connectivity index (χ2v) is 8.40. The number of nitrogens with zero attached hydrogens (tertiary/aromatic N) is 2. The van der Waals surface area contributed by atoms with Gasteiger partial charge < -0.3 is 19.9 Å². The summed E-state index contributed by atoms with van der Waals surface area (Å²) in [4.78, 5) is 26.4. The summed E-state index contributed by atoms with van der Waals surface area (Å²) < 4.78 is 17.2. The molecule has 152 valence electrons. The molecule has 1 aromatic carbocycles. The van der Waals surface area contributed by atoms with Gasteiger partial charge >= 0.3 is 5.97 Å². The van der Waals surface area contributed by atoms with E-state index in [1.807, 2.05) is 4.57 Å². The minimum absolute atomic E-state index is 0.114. The Hall–Kier alpha value is -2.67. The van der Waals surface area contributed by atoms with Crippen LogP contribution in [-0.4, -0.2) is 41.3 Å². The molecule has 3 fully saturated rings. The number of hydrogen-bond donors (Lipinski definition) is 2. The summed E-state index contributed by atoms with van der Waals surface area (Å²) >= 11 is 0. The van der Waals surface area contributed by atoms with Crippen LogP contribution in [0.1, 0.15) is 47.6 Å². The third-order valence-corrected chi connectivity index (χ3v) is 6.57. The molecule has 1 saturated carbocycles. The van der Waals surface area contributed by atoms with Crippen LogP contribution in [0.3, 0.4) is 0 Å². The summed E-state index contributed by atoms with van der Waals surface area (Å²) in [7, 11) is 0. The molecule has 0 amide bonds. The van der Waals surface area contributed by atoms with Crippen LogP contribution in [0.25, 0.3) is 17.0 Å². The third kappa shape index (κ3) is 2.87. The van der Waals surface area contributed by atoms with Crippen LogP contribution >= 0.6 is 0 Å². The molecule has 7 heteroatoms. The molecule has 2 saturated heterocycles. The Bertz CT molecular complexity index is 1080. The molecule has 3 heterocycles. The van der Waals surface area contributed by atoms with E-state index in [1.165, 1.54) is 12.3 Å². The number of rotatable bonds is 4. The number of pyridine rings is 1. The number of piperidine rings is 1. The van der Waals surface area contributed by atoms with E-state index in [0.29, 0.717) is 28.7 Å². The lowest BCUT2D eigenvalue weighted by atomic mass is 9.94. The number of nitrogens with one attached hydrogen (secondary N) is 1. The van der Waals surface area contributed by atoms with Crippen molar-refractivity contribution >= 4 is 28.6 Å². The van der Waals surface area contributed by atoms with Gasteiger partial charge in [0.2, 0.25) is 5.43 Å². The van der Waals surface area contributed by atoms with E-state index >= 15 is 4.39 Å². The van der Waals surface area contributed by atoms with E-state index in [2.05, 4.69) is 16.8 Å². The lowest BCUT2D eigenvalue weighted by Crippen LogP contribution is -2.40. The number of fused-ring (bicyclic) bond motifs is 2. The summed E-state index contributed by atoms with van der Waals surface area (Å²) in [5.41, 5.74) is 0.689. The molecule has 0 spiro atoms. The van der Waals surface area contributed by atoms with Crippen molar-refractivity contribution in [2.75, 3.05) is 24.5 Å². The number of anilines is 1. The van der Waals surface area contributed by atoms with Gasteiger partial charge in [0, 0.05) is 36.9 Å². The molecular weight excluding hydrogens is 373 g/mol. The first-order chi connectivity index (χ1) is 14.0. The second-order valence-electron chi connectivity index (χ2n) is 8.40. The maximum Gasteiger partial charge on any atom is 0.341 e. The Balaban J connectivity index is 1.74. The monoisotopic (exact) mass is 397 g/mol. The SMILES string of the molecule is C=Cc1c(N2C[C@@H]3CCCN[C@@H]3C2)c(F)cc2c(=O)c(C(=O)O)cn(C3CC3)c12. The molecule has 0 unspecified atom stereocenters. The number of carboxylic acids is 1. The van der Waals surface area contributed by atoms with Crippen molar-refractivity contribution in [3.8, 4) is 0 Å². The average molecular weight is 397 g/mol. The van der Waals surface area contributed by atoms with Crippen molar-refractivity contribution in [2.45, 2.75) is 37.8 Å². The Morgan fingerprint density at radius 1 is 1.31 bits per heavy atom. The maximum absolute atomic E-state index is 15.4. The number of carbonyl (C=O) groups is 1. The first-order valence-corrected chi connectivity index (χ1v) is 10.2. The van der Waals surface area contributed by atoms with Gasteiger partial charge in [0.15, 0.2) is 0 Å². The second kappa shape index (κ2) is 6.69. The quantitative estimate of drug-likeness (QED) is 0.830. The number of carboxylic acid groups (broad SMARTS) is 1. The van der Waals surface area contributed by atoms with Crippen molar-refractivity contribution in [1.29, 1.82) is 0 Å². The van der Waals surface area contributed by atoms with Crippen molar-refractivity contribution in [3.63, 3.8) is 0 Å². The predicted octanol–water partition coefficient (Wildman–Crippen LogP) is 3.00. The van der Waals surface area contributed by atoms with Crippen LogP contribution in [0.5, 0.6) is 0 Å². The van der Waals surface area contributed by atoms with Gasteiger partial charge in [-0.15, -0.1) is 0 Å². The molecule has 0 bridgehead atoms. The van der Waals surface area contributed by atoms with Crippen LogP contribution in [0.15, 0.2) is 23.6 Å². The van der Waals surface area contributed by atoms with Gasteiger partial charge in [0.1, 0.15) is 11.4 Å². The summed E-state index contributed by atoms with van der Waals surface area (Å²) in [6.07, 6.45) is 7.11. The van der Waals surface area contributed by atoms with E-state index in [4.69, 9.17) is 0 Å². The van der Waals surface area contributed by atoms with E-state index in [9.17, 15) is 14.7 Å². The van der Waals surface area contributed by atoms with Crippen LogP contribution in [0.4, 0.5) is 10.1 Å². The lowest BCUT2D eigenvalue weighted by molar-refractivity contribution is 0.0695. The lowest BCUT2D eigenvalue weighted by Gasteiger charge is -2.25. The highest BCUT2D eigenvalue weighted by atomic mass is 19.1. The minimum Gasteiger partial charge on any atom is -0.477 e. The van der Waals surface area contributed by atoms with Crippen LogP contribution in [-0.2, 0) is 0 Å². The molecule has 6 nitrogen and oxygen atoms in total. The number of hydrogen-bond acceptors (Lipinski definition) is 4. The van der Waals surface area contributed by atoms with Crippen molar-refractivity contribution in [2.24, 2.45) is 5.92 Å². The first-order valence-electron chi connectivity index (χ1n) is 10.2. The molecule has 2 N–H and O–H groups in total. The number of benzene rings is 1. The summed E-state index contributed by atoms with van der Waals surface area (Å²) in [5.74, 6) is -1.30. The van der Waals surface area contributed by atoms with Crippen molar-refractivity contribution < 1.29 is 14.3 Å². The number of aromatic nitrogens is 1. The fourth-order valence-corrected chi connectivity index (χ4v) is 5.05. The molecule has 2 aromatic rings. The smallest absolute Gasteiger partial charge is 0.341 e. The van der Waals surface area contributed by atoms with E-state index in [-0.39, 0.29) is 17.0 Å². The van der Waals surface area contributed by atoms with Crippen LogP contribution in [0, 0.1) is 11.7 Å². The van der Waals surface area contributed by atoms with Crippen LogP contribution in [0.2, 0.25) is 0 Å². The van der Waals surface area contributed by atoms with Gasteiger partial charge in [-0.3, -0.25) is 4.79 Å². The largest absolute Gasteiger partial charge is 0.477 e. The highest BCUT2D eigenvalue weighted by Crippen LogP contribution is 2.41. The minimum atomic E-state index is -1.29. The molecule has 2 aliphatic heterocycles. The summed E-state index contributed by atoms with van der Waals surface area (Å²) in [6.45, 7) is 6.38. The average Bonchev–Trinajstić information content (AvgIpc) is 3.45. The Labute approximate surface area is 167 Å². The number of halogens is 1.